The molecule has 0 bridgehead atoms. The molecule has 1 spiro atoms. The highest BCUT2D eigenvalue weighted by molar-refractivity contribution is 6.83. The van der Waals surface area contributed by atoms with E-state index in [-0.39, 0.29) is 0 Å². The minimum Gasteiger partial charge on any atom is -0.380 e. The van der Waals surface area contributed by atoms with E-state index in [1.165, 1.54) is 0 Å². The molecule has 0 aliphatic carbocycles. The predicted molar refractivity (Wildman–Crippen MR) is 92.0 cm³/mol. The monoisotopic (exact) mass is 327 g/mol. The van der Waals surface area contributed by atoms with Crippen LogP contribution in [0.25, 0.3) is 11.0 Å². The van der Waals surface area contributed by atoms with Crippen molar-refractivity contribution in [2.24, 2.45) is 12.5 Å². The van der Waals surface area contributed by atoms with E-state index < -0.39 is 8.07 Å². The first kappa shape index (κ1) is 14.7. The highest BCUT2D eigenvalue weighted by atomic mass is 28.3. The molecule has 2 fully saturated rings. The molecule has 0 radical (unpaired) electrons. The smallest absolute Gasteiger partial charge is 0.208 e. The lowest BCUT2D eigenvalue weighted by molar-refractivity contribution is -0.127. The molecule has 7 heteroatoms. The van der Waals surface area contributed by atoms with Crippen molar-refractivity contribution in [3.8, 4) is 11.5 Å². The predicted octanol–water partition coefficient (Wildman–Crippen LogP) is 1.43. The van der Waals surface area contributed by atoms with E-state index in [1.807, 2.05) is 13.2 Å². The van der Waals surface area contributed by atoms with Crippen LogP contribution in [0, 0.1) is 16.9 Å². The Hall–Kier alpha value is -1.91. The van der Waals surface area contributed by atoms with E-state index in [9.17, 15) is 0 Å². The van der Waals surface area contributed by atoms with Gasteiger partial charge >= 0.3 is 0 Å². The van der Waals surface area contributed by atoms with Gasteiger partial charge in [-0.2, -0.15) is 5.10 Å². The van der Waals surface area contributed by atoms with Crippen LogP contribution < -0.4 is 4.90 Å². The lowest BCUT2D eigenvalue weighted by atomic mass is 9.78. The molecule has 0 N–H and O–H groups in total. The average molecular weight is 327 g/mol. The molecule has 0 unspecified atom stereocenters. The summed E-state index contributed by atoms with van der Waals surface area (Å²) < 4.78 is 7.16. The molecule has 23 heavy (non-hydrogen) atoms. The SMILES string of the molecule is Cn1ncc2c(N3CC4(COC4)C3)nc(C#C[Si](C)(C)C)nc21. The Kier molecular flexibility index (Phi) is 3.05. The van der Waals surface area contributed by atoms with E-state index in [0.29, 0.717) is 11.2 Å². The fraction of sp³-hybridized carbons (Fsp3) is 0.562. The van der Waals surface area contributed by atoms with Crippen LogP contribution in [0.15, 0.2) is 6.20 Å². The summed E-state index contributed by atoms with van der Waals surface area (Å²) in [6, 6.07) is 0. The maximum atomic E-state index is 5.36. The Morgan fingerprint density at radius 1 is 1.22 bits per heavy atom. The van der Waals surface area contributed by atoms with Crippen LogP contribution in [0.3, 0.4) is 0 Å². The Morgan fingerprint density at radius 2 is 1.96 bits per heavy atom. The van der Waals surface area contributed by atoms with Gasteiger partial charge in [0.05, 0.1) is 30.2 Å². The zero-order valence-electron chi connectivity index (χ0n) is 14.1. The van der Waals surface area contributed by atoms with Gasteiger partial charge in [0.25, 0.3) is 0 Å². The number of hydrogen-bond donors (Lipinski definition) is 0. The third-order valence-electron chi connectivity index (χ3n) is 4.29. The Morgan fingerprint density at radius 3 is 2.57 bits per heavy atom. The normalized spacial score (nSPS) is 19.2. The van der Waals surface area contributed by atoms with E-state index in [2.05, 4.69) is 46.1 Å². The number of rotatable bonds is 1. The summed E-state index contributed by atoms with van der Waals surface area (Å²) in [7, 11) is 0.452. The zero-order valence-corrected chi connectivity index (χ0v) is 15.1. The van der Waals surface area contributed by atoms with Gasteiger partial charge in [0, 0.05) is 20.1 Å². The minimum absolute atomic E-state index is 0.351. The van der Waals surface area contributed by atoms with Crippen molar-refractivity contribution in [1.82, 2.24) is 19.7 Å². The van der Waals surface area contributed by atoms with Crippen LogP contribution in [-0.4, -0.2) is 54.1 Å². The van der Waals surface area contributed by atoms with Crippen LogP contribution in [0.5, 0.6) is 0 Å². The van der Waals surface area contributed by atoms with Crippen LogP contribution in [-0.2, 0) is 11.8 Å². The first-order chi connectivity index (χ1) is 10.9. The van der Waals surface area contributed by atoms with Crippen molar-refractivity contribution in [3.05, 3.63) is 12.0 Å². The molecule has 2 saturated heterocycles. The molecule has 0 saturated carbocycles. The molecule has 6 nitrogen and oxygen atoms in total. The summed E-state index contributed by atoms with van der Waals surface area (Å²) in [5.74, 6) is 4.74. The van der Waals surface area contributed by atoms with E-state index >= 15 is 0 Å². The van der Waals surface area contributed by atoms with Gasteiger partial charge in [0.15, 0.2) is 5.65 Å². The first-order valence-corrected chi connectivity index (χ1v) is 11.4. The molecule has 2 aliphatic heterocycles. The highest BCUT2D eigenvalue weighted by Gasteiger charge is 2.49. The number of nitrogens with zero attached hydrogens (tertiary/aromatic N) is 5. The Bertz CT molecular complexity index is 830. The molecule has 2 aromatic rings. The second-order valence-electron chi connectivity index (χ2n) is 7.73. The van der Waals surface area contributed by atoms with Crippen molar-refractivity contribution in [1.29, 1.82) is 0 Å². The van der Waals surface area contributed by atoms with Crippen LogP contribution in [0.4, 0.5) is 5.82 Å². The second-order valence-corrected chi connectivity index (χ2v) is 12.5. The number of anilines is 1. The quantitative estimate of drug-likeness (QED) is 0.586. The maximum Gasteiger partial charge on any atom is 0.208 e. The summed E-state index contributed by atoms with van der Waals surface area (Å²) in [6.45, 7) is 10.4. The minimum atomic E-state index is -1.46. The molecule has 4 heterocycles. The van der Waals surface area contributed by atoms with Gasteiger partial charge in [0.2, 0.25) is 5.82 Å². The molecule has 0 atom stereocenters. The maximum absolute atomic E-state index is 5.36. The molecular weight excluding hydrogens is 306 g/mol. The molecule has 0 amide bonds. The molecule has 4 rings (SSSR count). The van der Waals surface area contributed by atoms with E-state index in [0.717, 1.165) is 43.2 Å². The fourth-order valence-electron chi connectivity index (χ4n) is 3.03. The molecule has 120 valence electrons. The standard InChI is InChI=1S/C16H21N5OSi/c1-20-14-12(7-17-20)15(21-8-16(9-21)10-22-11-16)19-13(18-14)5-6-23(2,3)4/h7H,8-11H2,1-4H3. The van der Waals surface area contributed by atoms with Crippen molar-refractivity contribution in [2.75, 3.05) is 31.2 Å². The molecule has 2 aromatic heterocycles. The van der Waals surface area contributed by atoms with E-state index in [1.54, 1.807) is 4.68 Å². The Balaban J connectivity index is 1.74. The van der Waals surface area contributed by atoms with Gasteiger partial charge in [-0.25, -0.2) is 9.97 Å². The van der Waals surface area contributed by atoms with Gasteiger partial charge in [0.1, 0.15) is 13.9 Å². The largest absolute Gasteiger partial charge is 0.380 e. The van der Waals surface area contributed by atoms with Gasteiger partial charge in [-0.1, -0.05) is 19.6 Å². The van der Waals surface area contributed by atoms with Gasteiger partial charge in [-0.3, -0.25) is 4.68 Å². The number of fused-ring (bicyclic) bond motifs is 1. The van der Waals surface area contributed by atoms with Crippen molar-refractivity contribution >= 4 is 24.9 Å². The Labute approximate surface area is 136 Å². The lowest BCUT2D eigenvalue weighted by Crippen LogP contribution is -2.66. The van der Waals surface area contributed by atoms with Gasteiger partial charge in [-0.05, 0) is 5.92 Å². The van der Waals surface area contributed by atoms with Crippen LogP contribution in [0.2, 0.25) is 19.6 Å². The number of ether oxygens (including phenoxy) is 1. The average Bonchev–Trinajstić information content (AvgIpc) is 2.74. The van der Waals surface area contributed by atoms with Crippen molar-refractivity contribution < 1.29 is 4.74 Å². The third-order valence-corrected chi connectivity index (χ3v) is 5.16. The third kappa shape index (κ3) is 2.52. The molecule has 2 aliphatic rings. The van der Waals surface area contributed by atoms with E-state index in [4.69, 9.17) is 9.72 Å². The van der Waals surface area contributed by atoms with Gasteiger partial charge < -0.3 is 9.64 Å². The van der Waals surface area contributed by atoms with Crippen LogP contribution >= 0.6 is 0 Å². The van der Waals surface area contributed by atoms with Crippen molar-refractivity contribution in [2.45, 2.75) is 19.6 Å². The second kappa shape index (κ2) is 4.79. The highest BCUT2D eigenvalue weighted by Crippen LogP contribution is 2.41. The zero-order chi connectivity index (χ0) is 16.2. The summed E-state index contributed by atoms with van der Waals surface area (Å²) >= 11 is 0. The van der Waals surface area contributed by atoms with Gasteiger partial charge in [-0.15, -0.1) is 5.54 Å². The number of hydrogen-bond acceptors (Lipinski definition) is 5. The summed E-state index contributed by atoms with van der Waals surface area (Å²) in [5.41, 5.74) is 4.55. The molecule has 0 aromatic carbocycles. The fourth-order valence-corrected chi connectivity index (χ4v) is 3.52. The summed E-state index contributed by atoms with van der Waals surface area (Å²) in [5, 5.41) is 5.34. The van der Waals surface area contributed by atoms with Crippen molar-refractivity contribution in [3.63, 3.8) is 0 Å². The lowest BCUT2D eigenvalue weighted by Gasteiger charge is -2.55. The first-order valence-electron chi connectivity index (χ1n) is 7.91. The number of aromatic nitrogens is 4. The summed E-state index contributed by atoms with van der Waals surface area (Å²) in [4.78, 5) is 11.6. The number of aryl methyl sites for hydroxylation is 1. The molecular formula is C16H21N5OSi. The van der Waals surface area contributed by atoms with Crippen LogP contribution in [0.1, 0.15) is 5.82 Å². The summed E-state index contributed by atoms with van der Waals surface area (Å²) in [6.07, 6.45) is 1.85. The topological polar surface area (TPSA) is 56.1 Å².